The summed E-state index contributed by atoms with van der Waals surface area (Å²) in [5.74, 6) is -0.105. The van der Waals surface area contributed by atoms with E-state index in [-0.39, 0.29) is 18.5 Å². The average molecular weight is 292 g/mol. The minimum absolute atomic E-state index is 0.0219. The number of pyridine rings is 1. The van der Waals surface area contributed by atoms with Crippen molar-refractivity contribution < 1.29 is 9.59 Å². The van der Waals surface area contributed by atoms with Gasteiger partial charge in [0.25, 0.3) is 0 Å². The molecule has 21 heavy (non-hydrogen) atoms. The van der Waals surface area contributed by atoms with Crippen LogP contribution in [0.15, 0.2) is 24.4 Å². The van der Waals surface area contributed by atoms with Crippen molar-refractivity contribution in [2.75, 3.05) is 33.2 Å². The smallest absolute Gasteiger partial charge is 0.317 e. The van der Waals surface area contributed by atoms with Crippen molar-refractivity contribution in [1.29, 1.82) is 0 Å². The molecule has 0 saturated carbocycles. The van der Waals surface area contributed by atoms with Crippen LogP contribution in [0.1, 0.15) is 19.5 Å². The standard InChI is InChI=1S/C15H24N4O2/c1-4-19(5-2)15(21)17-12-14(20)18(3)11-9-13-8-6-7-10-16-13/h6-8,10H,4-5,9,11-12H2,1-3H3,(H,17,21). The van der Waals surface area contributed by atoms with Gasteiger partial charge in [-0.05, 0) is 26.0 Å². The number of amides is 3. The van der Waals surface area contributed by atoms with E-state index in [1.807, 2.05) is 32.0 Å². The van der Waals surface area contributed by atoms with Crippen molar-refractivity contribution in [3.05, 3.63) is 30.1 Å². The molecule has 0 unspecified atom stereocenters. The molecule has 0 aliphatic rings. The van der Waals surface area contributed by atoms with Crippen LogP contribution in [0.3, 0.4) is 0 Å². The molecule has 0 aromatic carbocycles. The van der Waals surface area contributed by atoms with E-state index in [9.17, 15) is 9.59 Å². The van der Waals surface area contributed by atoms with E-state index >= 15 is 0 Å². The van der Waals surface area contributed by atoms with Crippen LogP contribution in [0.5, 0.6) is 0 Å². The summed E-state index contributed by atoms with van der Waals surface area (Å²) in [6.07, 6.45) is 2.44. The van der Waals surface area contributed by atoms with Crippen LogP contribution in [0.25, 0.3) is 0 Å². The third-order valence-corrected chi connectivity index (χ3v) is 3.30. The highest BCUT2D eigenvalue weighted by Crippen LogP contribution is 1.97. The molecule has 3 amide bonds. The Morgan fingerprint density at radius 2 is 1.95 bits per heavy atom. The van der Waals surface area contributed by atoms with E-state index in [1.165, 1.54) is 0 Å². The number of hydrogen-bond acceptors (Lipinski definition) is 3. The molecule has 1 rings (SSSR count). The van der Waals surface area contributed by atoms with E-state index in [2.05, 4.69) is 10.3 Å². The number of nitrogens with one attached hydrogen (secondary N) is 1. The van der Waals surface area contributed by atoms with E-state index in [0.717, 1.165) is 5.69 Å². The summed E-state index contributed by atoms with van der Waals surface area (Å²) < 4.78 is 0. The molecule has 6 heteroatoms. The fourth-order valence-electron chi connectivity index (χ4n) is 1.86. The van der Waals surface area contributed by atoms with E-state index in [0.29, 0.717) is 26.1 Å². The van der Waals surface area contributed by atoms with Gasteiger partial charge < -0.3 is 15.1 Å². The highest BCUT2D eigenvalue weighted by Gasteiger charge is 2.13. The Balaban J connectivity index is 2.33. The molecule has 6 nitrogen and oxygen atoms in total. The van der Waals surface area contributed by atoms with Gasteiger partial charge in [-0.15, -0.1) is 0 Å². The van der Waals surface area contributed by atoms with Gasteiger partial charge >= 0.3 is 6.03 Å². The maximum absolute atomic E-state index is 11.9. The lowest BCUT2D eigenvalue weighted by Crippen LogP contribution is -2.45. The molecule has 1 aromatic rings. The SMILES string of the molecule is CCN(CC)C(=O)NCC(=O)N(C)CCc1ccccn1. The summed E-state index contributed by atoms with van der Waals surface area (Å²) in [6.45, 7) is 5.68. The molecule has 0 aliphatic carbocycles. The second-order valence-corrected chi connectivity index (χ2v) is 4.72. The molecule has 1 heterocycles. The van der Waals surface area contributed by atoms with Crippen LogP contribution in [0, 0.1) is 0 Å². The van der Waals surface area contributed by atoms with Gasteiger partial charge in [0.1, 0.15) is 0 Å². The summed E-state index contributed by atoms with van der Waals surface area (Å²) in [6, 6.07) is 5.52. The van der Waals surface area contributed by atoms with Crippen LogP contribution >= 0.6 is 0 Å². The molecule has 0 spiro atoms. The Kier molecular flexibility index (Phi) is 7.21. The first kappa shape index (κ1) is 16.9. The lowest BCUT2D eigenvalue weighted by atomic mass is 10.2. The molecule has 0 atom stereocenters. The van der Waals surface area contributed by atoms with Crippen molar-refractivity contribution in [2.45, 2.75) is 20.3 Å². The molecule has 116 valence electrons. The van der Waals surface area contributed by atoms with Gasteiger partial charge in [-0.2, -0.15) is 0 Å². The summed E-state index contributed by atoms with van der Waals surface area (Å²) in [5.41, 5.74) is 0.948. The third kappa shape index (κ3) is 5.81. The number of rotatable bonds is 7. The summed E-state index contributed by atoms with van der Waals surface area (Å²) in [7, 11) is 1.73. The lowest BCUT2D eigenvalue weighted by Gasteiger charge is -2.21. The number of hydrogen-bond donors (Lipinski definition) is 1. The predicted molar refractivity (Wildman–Crippen MR) is 81.9 cm³/mol. The van der Waals surface area contributed by atoms with Crippen molar-refractivity contribution in [3.63, 3.8) is 0 Å². The Morgan fingerprint density at radius 3 is 2.52 bits per heavy atom. The fourth-order valence-corrected chi connectivity index (χ4v) is 1.86. The van der Waals surface area contributed by atoms with E-state index in [1.54, 1.807) is 23.0 Å². The minimum atomic E-state index is -0.202. The number of likely N-dealkylation sites (N-methyl/N-ethyl adjacent to an activating group) is 1. The minimum Gasteiger partial charge on any atom is -0.344 e. The van der Waals surface area contributed by atoms with Crippen LogP contribution in [0.4, 0.5) is 4.79 Å². The fraction of sp³-hybridized carbons (Fsp3) is 0.533. The molecule has 0 fully saturated rings. The quantitative estimate of drug-likeness (QED) is 0.819. The number of urea groups is 1. The van der Waals surface area contributed by atoms with Crippen molar-refractivity contribution in [3.8, 4) is 0 Å². The number of carbonyl (C=O) groups excluding carboxylic acids is 2. The summed E-state index contributed by atoms with van der Waals surface area (Å²) >= 11 is 0. The summed E-state index contributed by atoms with van der Waals surface area (Å²) in [4.78, 5) is 31.1. The Labute approximate surface area is 126 Å². The van der Waals surface area contributed by atoms with Crippen molar-refractivity contribution in [1.82, 2.24) is 20.1 Å². The first-order valence-corrected chi connectivity index (χ1v) is 7.25. The normalized spacial score (nSPS) is 10.0. The van der Waals surface area contributed by atoms with Gasteiger partial charge in [0.2, 0.25) is 5.91 Å². The second-order valence-electron chi connectivity index (χ2n) is 4.72. The molecule has 0 saturated heterocycles. The van der Waals surface area contributed by atoms with Crippen LogP contribution < -0.4 is 5.32 Å². The van der Waals surface area contributed by atoms with Crippen LogP contribution in [-0.4, -0.2) is 59.9 Å². The van der Waals surface area contributed by atoms with Gasteiger partial charge in [0, 0.05) is 45.0 Å². The molecule has 0 aliphatic heterocycles. The maximum atomic E-state index is 11.9. The van der Waals surface area contributed by atoms with Gasteiger partial charge in [-0.25, -0.2) is 4.79 Å². The first-order valence-electron chi connectivity index (χ1n) is 7.25. The predicted octanol–water partition coefficient (Wildman–Crippen LogP) is 1.13. The van der Waals surface area contributed by atoms with Gasteiger partial charge in [0.15, 0.2) is 0 Å². The monoisotopic (exact) mass is 292 g/mol. The Morgan fingerprint density at radius 1 is 1.24 bits per heavy atom. The topological polar surface area (TPSA) is 65.5 Å². The van der Waals surface area contributed by atoms with E-state index < -0.39 is 0 Å². The third-order valence-electron chi connectivity index (χ3n) is 3.30. The molecular formula is C15H24N4O2. The average Bonchev–Trinajstić information content (AvgIpc) is 2.52. The molecule has 1 N–H and O–H groups in total. The Bertz CT molecular complexity index is 446. The molecule has 0 radical (unpaired) electrons. The molecule has 1 aromatic heterocycles. The largest absolute Gasteiger partial charge is 0.344 e. The lowest BCUT2D eigenvalue weighted by molar-refractivity contribution is -0.128. The number of carbonyl (C=O) groups is 2. The number of nitrogens with zero attached hydrogens (tertiary/aromatic N) is 3. The second kappa shape index (κ2) is 8.94. The highest BCUT2D eigenvalue weighted by molar-refractivity contribution is 5.83. The first-order chi connectivity index (χ1) is 10.1. The maximum Gasteiger partial charge on any atom is 0.317 e. The summed E-state index contributed by atoms with van der Waals surface area (Å²) in [5, 5.41) is 2.64. The van der Waals surface area contributed by atoms with E-state index in [4.69, 9.17) is 0 Å². The van der Waals surface area contributed by atoms with Crippen LogP contribution in [-0.2, 0) is 11.2 Å². The zero-order chi connectivity index (χ0) is 15.7. The van der Waals surface area contributed by atoms with Gasteiger partial charge in [0.05, 0.1) is 6.54 Å². The molecular weight excluding hydrogens is 268 g/mol. The van der Waals surface area contributed by atoms with Gasteiger partial charge in [-0.1, -0.05) is 6.07 Å². The number of aromatic nitrogens is 1. The highest BCUT2D eigenvalue weighted by atomic mass is 16.2. The Hall–Kier alpha value is -2.11. The van der Waals surface area contributed by atoms with Crippen molar-refractivity contribution >= 4 is 11.9 Å². The van der Waals surface area contributed by atoms with Crippen molar-refractivity contribution in [2.24, 2.45) is 0 Å². The zero-order valence-electron chi connectivity index (χ0n) is 13.0. The van der Waals surface area contributed by atoms with Crippen LogP contribution in [0.2, 0.25) is 0 Å². The van der Waals surface area contributed by atoms with Gasteiger partial charge in [-0.3, -0.25) is 9.78 Å². The molecule has 0 bridgehead atoms. The zero-order valence-corrected chi connectivity index (χ0v) is 13.0.